The van der Waals surface area contributed by atoms with Crippen LogP contribution in [0, 0.1) is 0 Å². The van der Waals surface area contributed by atoms with Gasteiger partial charge in [-0.1, -0.05) is 30.3 Å². The lowest BCUT2D eigenvalue weighted by atomic mass is 10.2. The summed E-state index contributed by atoms with van der Waals surface area (Å²) in [5.74, 6) is -5.00. The molecule has 0 aliphatic rings. The van der Waals surface area contributed by atoms with Gasteiger partial charge < -0.3 is 24.9 Å². The van der Waals surface area contributed by atoms with Crippen LogP contribution >= 0.6 is 7.60 Å². The number of aliphatic carboxylic acids is 1. The van der Waals surface area contributed by atoms with Crippen LogP contribution in [0.1, 0.15) is 12.5 Å². The monoisotopic (exact) mass is 360 g/mol. The maximum absolute atomic E-state index is 11.8. The van der Waals surface area contributed by atoms with Crippen LogP contribution in [-0.2, 0) is 25.5 Å². The highest BCUT2D eigenvalue weighted by molar-refractivity contribution is 7.53. The van der Waals surface area contributed by atoms with Crippen molar-refractivity contribution in [1.82, 2.24) is 10.6 Å². The molecule has 1 rings (SSSR count). The second kappa shape index (κ2) is 8.44. The van der Waals surface area contributed by atoms with Crippen molar-refractivity contribution in [1.29, 1.82) is 0 Å². The molecule has 0 fully saturated rings. The number of carboxylic acids is 1. The van der Waals surface area contributed by atoms with Crippen molar-refractivity contribution in [2.75, 3.05) is 0 Å². The molecule has 2 atom stereocenters. The van der Waals surface area contributed by atoms with Crippen molar-refractivity contribution in [2.24, 2.45) is 0 Å². The Kier molecular flexibility index (Phi) is 6.90. The maximum Gasteiger partial charge on any atom is 0.408 e. The number of hydrogen-bond donors (Lipinski definition) is 5. The lowest BCUT2D eigenvalue weighted by Gasteiger charge is -2.20. The summed E-state index contributed by atoms with van der Waals surface area (Å²) < 4.78 is 16.1. The zero-order valence-electron chi connectivity index (χ0n) is 12.6. The largest absolute Gasteiger partial charge is 0.480 e. The summed E-state index contributed by atoms with van der Waals surface area (Å²) in [6.45, 7) is 0.929. The average molecular weight is 360 g/mol. The molecule has 0 radical (unpaired) electrons. The molecule has 0 bridgehead atoms. The fraction of sp³-hybridized carbons (Fsp3) is 0.308. The third kappa shape index (κ3) is 6.37. The van der Waals surface area contributed by atoms with Crippen molar-refractivity contribution in [3.8, 4) is 0 Å². The molecule has 24 heavy (non-hydrogen) atoms. The summed E-state index contributed by atoms with van der Waals surface area (Å²) in [4.78, 5) is 52.4. The molecule has 0 aromatic heterocycles. The van der Waals surface area contributed by atoms with Gasteiger partial charge >= 0.3 is 19.7 Å². The van der Waals surface area contributed by atoms with Crippen LogP contribution in [0.2, 0.25) is 0 Å². The highest BCUT2D eigenvalue weighted by Crippen LogP contribution is 2.39. The Balaban J connectivity index is 2.69. The molecule has 5 N–H and O–H groups in total. The van der Waals surface area contributed by atoms with Crippen molar-refractivity contribution in [3.63, 3.8) is 0 Å². The maximum atomic E-state index is 11.8. The zero-order valence-corrected chi connectivity index (χ0v) is 13.5. The van der Waals surface area contributed by atoms with E-state index in [2.05, 4.69) is 0 Å². The molecule has 10 nitrogen and oxygen atoms in total. The molecule has 1 unspecified atom stereocenters. The molecule has 1 aromatic carbocycles. The molecule has 1 aromatic rings. The normalized spacial score (nSPS) is 13.5. The average Bonchev–Trinajstić information content (AvgIpc) is 2.50. The van der Waals surface area contributed by atoms with Crippen molar-refractivity contribution in [3.05, 3.63) is 35.9 Å². The summed E-state index contributed by atoms with van der Waals surface area (Å²) >= 11 is 0. The molecular weight excluding hydrogens is 343 g/mol. The first kappa shape index (κ1) is 19.6. The number of hydrogen-bond acceptors (Lipinski definition) is 5. The lowest BCUT2D eigenvalue weighted by molar-refractivity contribution is -0.141. The van der Waals surface area contributed by atoms with E-state index in [9.17, 15) is 18.9 Å². The number of amides is 2. The summed E-state index contributed by atoms with van der Waals surface area (Å²) in [7, 11) is -5.08. The van der Waals surface area contributed by atoms with E-state index < -0.39 is 37.4 Å². The van der Waals surface area contributed by atoms with Gasteiger partial charge in [0.25, 0.3) is 5.91 Å². The SMILES string of the molecule is C[C@H](NC(=O)C(NC(=O)OCc1ccccc1)P(=O)(O)O)C(=O)O. The summed E-state index contributed by atoms with van der Waals surface area (Å²) in [6.07, 6.45) is -1.23. The van der Waals surface area contributed by atoms with Crippen LogP contribution in [0.3, 0.4) is 0 Å². The molecule has 0 heterocycles. The zero-order chi connectivity index (χ0) is 18.3. The predicted molar refractivity (Wildman–Crippen MR) is 80.8 cm³/mol. The van der Waals surface area contributed by atoms with Crippen molar-refractivity contribution < 1.29 is 38.6 Å². The number of carbonyl (C=O) groups excluding carboxylic acids is 2. The minimum absolute atomic E-state index is 0.173. The summed E-state index contributed by atoms with van der Waals surface area (Å²) in [6, 6.07) is 7.09. The Morgan fingerprint density at radius 1 is 1.17 bits per heavy atom. The molecule has 0 saturated carbocycles. The Morgan fingerprint density at radius 3 is 2.25 bits per heavy atom. The predicted octanol–water partition coefficient (Wildman–Crippen LogP) is 0.00590. The molecule has 2 amide bonds. The number of carbonyl (C=O) groups is 3. The molecular formula is C13H17N2O8P. The van der Waals surface area contributed by atoms with Gasteiger partial charge in [0.05, 0.1) is 0 Å². The van der Waals surface area contributed by atoms with E-state index in [0.717, 1.165) is 6.92 Å². The van der Waals surface area contributed by atoms with Crippen LogP contribution in [0.15, 0.2) is 30.3 Å². The Labute approximate surface area is 137 Å². The van der Waals surface area contributed by atoms with Gasteiger partial charge in [0.15, 0.2) is 0 Å². The first-order chi connectivity index (χ1) is 11.1. The van der Waals surface area contributed by atoms with Crippen LogP contribution in [0.4, 0.5) is 4.79 Å². The van der Waals surface area contributed by atoms with Gasteiger partial charge in [-0.25, -0.2) is 4.79 Å². The van der Waals surface area contributed by atoms with E-state index in [1.807, 2.05) is 5.32 Å². The van der Waals surface area contributed by atoms with E-state index in [1.54, 1.807) is 35.6 Å². The molecule has 0 aliphatic heterocycles. The topological polar surface area (TPSA) is 162 Å². The van der Waals surface area contributed by atoms with Crippen LogP contribution < -0.4 is 10.6 Å². The van der Waals surface area contributed by atoms with E-state index >= 15 is 0 Å². The molecule has 0 spiro atoms. The van der Waals surface area contributed by atoms with Gasteiger partial charge in [0, 0.05) is 0 Å². The summed E-state index contributed by atoms with van der Waals surface area (Å²) in [5.41, 5.74) is 0.629. The second-order valence-electron chi connectivity index (χ2n) is 4.77. The van der Waals surface area contributed by atoms with Gasteiger partial charge in [-0.3, -0.25) is 19.5 Å². The van der Waals surface area contributed by atoms with Crippen LogP contribution in [-0.4, -0.2) is 44.7 Å². The third-order valence-electron chi connectivity index (χ3n) is 2.78. The standard InChI is InChI=1S/C13H17N2O8P/c1-8(12(17)18)14-10(16)11(24(20,21)22)15-13(19)23-7-9-5-3-2-4-6-9/h2-6,8,11H,7H2,1H3,(H,14,16)(H,15,19)(H,17,18)(H2,20,21,22)/t8-,11?/m0/s1. The fourth-order valence-electron chi connectivity index (χ4n) is 1.53. The van der Waals surface area contributed by atoms with E-state index in [1.165, 1.54) is 0 Å². The number of ether oxygens (including phenoxy) is 1. The quantitative estimate of drug-likeness (QED) is 0.425. The number of rotatable bonds is 7. The van der Waals surface area contributed by atoms with Crippen molar-refractivity contribution >= 4 is 25.6 Å². The van der Waals surface area contributed by atoms with E-state index in [-0.39, 0.29) is 6.61 Å². The minimum Gasteiger partial charge on any atom is -0.480 e. The number of nitrogens with one attached hydrogen (secondary N) is 2. The highest BCUT2D eigenvalue weighted by atomic mass is 31.2. The molecule has 0 saturated heterocycles. The van der Waals surface area contributed by atoms with E-state index in [4.69, 9.17) is 19.6 Å². The second-order valence-corrected chi connectivity index (χ2v) is 6.46. The van der Waals surface area contributed by atoms with E-state index in [0.29, 0.717) is 5.56 Å². The Hall–Kier alpha value is -2.42. The first-order valence-electron chi connectivity index (χ1n) is 6.67. The minimum atomic E-state index is -5.08. The van der Waals surface area contributed by atoms with Gasteiger partial charge in [-0.2, -0.15) is 0 Å². The van der Waals surface area contributed by atoms with Crippen LogP contribution in [0.5, 0.6) is 0 Å². The fourth-order valence-corrected chi connectivity index (χ4v) is 2.19. The summed E-state index contributed by atoms with van der Waals surface area (Å²) in [5, 5.41) is 12.3. The first-order valence-corrected chi connectivity index (χ1v) is 8.35. The van der Waals surface area contributed by atoms with Gasteiger partial charge in [0.1, 0.15) is 12.6 Å². The van der Waals surface area contributed by atoms with Gasteiger partial charge in [-0.15, -0.1) is 0 Å². The van der Waals surface area contributed by atoms with Crippen LogP contribution in [0.25, 0.3) is 0 Å². The Bertz CT molecular complexity index is 645. The third-order valence-corrected chi connectivity index (χ3v) is 3.82. The smallest absolute Gasteiger partial charge is 0.408 e. The highest BCUT2D eigenvalue weighted by Gasteiger charge is 2.38. The van der Waals surface area contributed by atoms with Gasteiger partial charge in [0.2, 0.25) is 5.78 Å². The van der Waals surface area contributed by atoms with Gasteiger partial charge in [-0.05, 0) is 12.5 Å². The Morgan fingerprint density at radius 2 is 1.75 bits per heavy atom. The number of carboxylic acid groups (broad SMARTS) is 1. The molecule has 11 heteroatoms. The lowest BCUT2D eigenvalue weighted by Crippen LogP contribution is -2.50. The van der Waals surface area contributed by atoms with Crippen molar-refractivity contribution in [2.45, 2.75) is 25.4 Å². The molecule has 132 valence electrons. The number of benzene rings is 1. The number of alkyl carbamates (subject to hydrolysis) is 1. The molecule has 0 aliphatic carbocycles.